The first-order valence-electron chi connectivity index (χ1n) is 12.2. The first kappa shape index (κ1) is 26.7. The molecule has 1 fully saturated rings. The van der Waals surface area contributed by atoms with Gasteiger partial charge in [-0.2, -0.15) is 14.4 Å². The van der Waals surface area contributed by atoms with Crippen molar-refractivity contribution in [3.05, 3.63) is 81.6 Å². The van der Waals surface area contributed by atoms with Gasteiger partial charge in [0.05, 0.1) is 27.4 Å². The monoisotopic (exact) mass is 567 g/mol. The lowest BCUT2D eigenvalue weighted by Crippen LogP contribution is -2.39. The number of aromatic nitrogens is 1. The molecule has 1 aliphatic rings. The quantitative estimate of drug-likeness (QED) is 0.170. The number of nitrogens with zero attached hydrogens (tertiary/aromatic N) is 5. The van der Waals surface area contributed by atoms with Gasteiger partial charge in [0.2, 0.25) is 15.2 Å². The Balaban J connectivity index is 1.47. The predicted molar refractivity (Wildman–Crippen MR) is 148 cm³/mol. The third kappa shape index (κ3) is 5.60. The highest BCUT2D eigenvalue weighted by molar-refractivity contribution is 7.89. The summed E-state index contributed by atoms with van der Waals surface area (Å²) in [5.41, 5.74) is 1.90. The number of aryl methyl sites for hydroxylation is 1. The number of carbonyl (C=O) groups excluding carboxylic acids is 1. The van der Waals surface area contributed by atoms with Gasteiger partial charge in [0.25, 0.3) is 5.91 Å². The van der Waals surface area contributed by atoms with Crippen LogP contribution in [0.3, 0.4) is 0 Å². The fourth-order valence-electron chi connectivity index (χ4n) is 4.33. The second-order valence-corrected chi connectivity index (χ2v) is 12.3. The lowest BCUT2D eigenvalue weighted by Gasteiger charge is -2.30. The topological polar surface area (TPSA) is 139 Å². The van der Waals surface area contributed by atoms with E-state index in [0.29, 0.717) is 18.6 Å². The van der Waals surface area contributed by atoms with Crippen LogP contribution in [0.5, 0.6) is 0 Å². The van der Waals surface area contributed by atoms with Crippen molar-refractivity contribution in [2.75, 3.05) is 18.1 Å². The summed E-state index contributed by atoms with van der Waals surface area (Å²) < 4.78 is 33.8. The minimum absolute atomic E-state index is 0.0775. The number of rotatable bonds is 7. The highest BCUT2D eigenvalue weighted by Crippen LogP contribution is 2.31. The van der Waals surface area contributed by atoms with Crippen LogP contribution in [0.2, 0.25) is 0 Å². The van der Waals surface area contributed by atoms with Gasteiger partial charge in [0.15, 0.2) is 5.76 Å². The van der Waals surface area contributed by atoms with Crippen molar-refractivity contribution < 1.29 is 22.6 Å². The lowest BCUT2D eigenvalue weighted by molar-refractivity contribution is -0.402. The predicted octanol–water partition coefficient (Wildman–Crippen LogP) is 5.21. The lowest BCUT2D eigenvalue weighted by atomic mass is 10.0. The molecule has 1 saturated heterocycles. The number of sulfonamides is 1. The number of benzene rings is 2. The molecule has 0 bridgehead atoms. The van der Waals surface area contributed by atoms with Crippen molar-refractivity contribution >= 4 is 54.7 Å². The number of anilines is 1. The van der Waals surface area contributed by atoms with Crippen LogP contribution in [0.1, 0.15) is 41.4 Å². The number of hydrogen-bond acceptors (Lipinski definition) is 9. The minimum Gasteiger partial charge on any atom is -0.400 e. The van der Waals surface area contributed by atoms with E-state index in [2.05, 4.69) is 10.1 Å². The van der Waals surface area contributed by atoms with Crippen molar-refractivity contribution in [1.82, 2.24) is 9.29 Å². The number of thiazole rings is 1. The molecule has 2 aromatic heterocycles. The molecule has 11 nitrogen and oxygen atoms in total. The molecule has 202 valence electrons. The molecule has 2 aromatic carbocycles. The molecular formula is C26H25N5O6S2. The molecule has 1 aliphatic heterocycles. The van der Waals surface area contributed by atoms with Crippen LogP contribution in [-0.4, -0.2) is 47.8 Å². The van der Waals surface area contributed by atoms with Crippen LogP contribution in [-0.2, 0) is 10.0 Å². The molecular weight excluding hydrogens is 542 g/mol. The maximum Gasteiger partial charge on any atom is 0.433 e. The van der Waals surface area contributed by atoms with Crippen LogP contribution >= 0.6 is 11.3 Å². The molecule has 1 unspecified atom stereocenters. The van der Waals surface area contributed by atoms with Gasteiger partial charge >= 0.3 is 5.88 Å². The second-order valence-electron chi connectivity index (χ2n) is 9.40. The normalized spacial score (nSPS) is 16.6. The van der Waals surface area contributed by atoms with Gasteiger partial charge in [-0.05, 0) is 73.7 Å². The van der Waals surface area contributed by atoms with Gasteiger partial charge in [0, 0.05) is 18.7 Å². The Kier molecular flexibility index (Phi) is 7.30. The standard InChI is InChI=1S/C26H25N5O6S2/c1-17-5-11-22-23(14-17)38-26(28-22)30(27-15-20-8-12-24(37-20)31(33)34)25(32)19-6-9-21(10-7-19)39(35,36)29-13-3-4-18(2)16-29/h5-12,14-15,18H,3-4,13,16H2,1-2H3/b27-15+. The summed E-state index contributed by atoms with van der Waals surface area (Å²) in [4.78, 5) is 28.5. The molecule has 4 aromatic rings. The molecule has 13 heteroatoms. The van der Waals surface area contributed by atoms with Crippen molar-refractivity contribution in [2.24, 2.45) is 11.0 Å². The number of amides is 1. The van der Waals surface area contributed by atoms with Crippen LogP contribution in [0.15, 0.2) is 69.0 Å². The summed E-state index contributed by atoms with van der Waals surface area (Å²) in [6.07, 6.45) is 3.00. The van der Waals surface area contributed by atoms with E-state index in [4.69, 9.17) is 4.42 Å². The van der Waals surface area contributed by atoms with Crippen molar-refractivity contribution in [3.63, 3.8) is 0 Å². The number of fused-ring (bicyclic) bond motifs is 1. The highest BCUT2D eigenvalue weighted by Gasteiger charge is 2.29. The fourth-order valence-corrected chi connectivity index (χ4v) is 6.95. The van der Waals surface area contributed by atoms with E-state index in [1.807, 2.05) is 32.0 Å². The summed E-state index contributed by atoms with van der Waals surface area (Å²) in [5, 5.41) is 16.6. The second kappa shape index (κ2) is 10.7. The van der Waals surface area contributed by atoms with E-state index < -0.39 is 26.7 Å². The summed E-state index contributed by atoms with van der Waals surface area (Å²) >= 11 is 1.25. The van der Waals surface area contributed by atoms with E-state index in [-0.39, 0.29) is 27.3 Å². The third-order valence-electron chi connectivity index (χ3n) is 6.36. The van der Waals surface area contributed by atoms with Crippen LogP contribution in [0.25, 0.3) is 10.2 Å². The van der Waals surface area contributed by atoms with E-state index in [1.54, 1.807) is 0 Å². The molecule has 0 radical (unpaired) electrons. The number of nitro groups is 1. The maximum absolute atomic E-state index is 13.6. The summed E-state index contributed by atoms with van der Waals surface area (Å²) in [5.74, 6) is -0.647. The van der Waals surface area contributed by atoms with E-state index in [0.717, 1.165) is 28.1 Å². The zero-order valence-electron chi connectivity index (χ0n) is 21.2. The van der Waals surface area contributed by atoms with Gasteiger partial charge in [-0.15, -0.1) is 0 Å². The molecule has 0 spiro atoms. The van der Waals surface area contributed by atoms with Crippen molar-refractivity contribution in [1.29, 1.82) is 0 Å². The van der Waals surface area contributed by atoms with Crippen LogP contribution < -0.4 is 5.01 Å². The van der Waals surface area contributed by atoms with Crippen molar-refractivity contribution in [3.8, 4) is 0 Å². The SMILES string of the molecule is Cc1ccc2nc(N(/N=C/c3ccc([N+](=O)[O-])o3)C(=O)c3ccc(S(=O)(=O)N4CCCC(C)C4)cc3)sc2c1. The number of hydrazone groups is 1. The highest BCUT2D eigenvalue weighted by atomic mass is 32.2. The molecule has 0 saturated carbocycles. The first-order chi connectivity index (χ1) is 18.6. The third-order valence-corrected chi connectivity index (χ3v) is 9.23. The van der Waals surface area contributed by atoms with Gasteiger partial charge in [-0.3, -0.25) is 14.9 Å². The number of hydrogen-bond donors (Lipinski definition) is 0. The average molecular weight is 568 g/mol. The Bertz CT molecular complexity index is 1680. The van der Waals surface area contributed by atoms with E-state index >= 15 is 0 Å². The smallest absolute Gasteiger partial charge is 0.400 e. The Morgan fingerprint density at radius 2 is 2.00 bits per heavy atom. The average Bonchev–Trinajstić information content (AvgIpc) is 3.56. The van der Waals surface area contributed by atoms with Crippen LogP contribution in [0, 0.1) is 23.0 Å². The Morgan fingerprint density at radius 3 is 2.69 bits per heavy atom. The van der Waals surface area contributed by atoms with Gasteiger partial charge < -0.3 is 4.42 Å². The first-order valence-corrected chi connectivity index (χ1v) is 14.5. The molecule has 0 N–H and O–H groups in total. The molecule has 1 atom stereocenters. The maximum atomic E-state index is 13.6. The van der Waals surface area contributed by atoms with Crippen LogP contribution in [0.4, 0.5) is 11.0 Å². The van der Waals surface area contributed by atoms with Gasteiger partial charge in [0.1, 0.15) is 4.92 Å². The molecule has 1 amide bonds. The fraction of sp³-hybridized carbons (Fsp3) is 0.269. The number of carbonyl (C=O) groups is 1. The summed E-state index contributed by atoms with van der Waals surface area (Å²) in [7, 11) is -3.68. The Labute approximate surface area is 228 Å². The van der Waals surface area contributed by atoms with Gasteiger partial charge in [-0.1, -0.05) is 24.3 Å². The molecule has 5 rings (SSSR count). The number of furan rings is 1. The Hall–Kier alpha value is -3.94. The van der Waals surface area contributed by atoms with E-state index in [9.17, 15) is 23.3 Å². The zero-order valence-corrected chi connectivity index (χ0v) is 22.8. The molecule has 0 aliphatic carbocycles. The van der Waals surface area contributed by atoms with Gasteiger partial charge in [-0.25, -0.2) is 13.4 Å². The zero-order chi connectivity index (χ0) is 27.7. The summed E-state index contributed by atoms with van der Waals surface area (Å²) in [6, 6.07) is 14.0. The number of piperidine rings is 1. The molecule has 39 heavy (non-hydrogen) atoms. The Morgan fingerprint density at radius 1 is 1.23 bits per heavy atom. The molecule has 3 heterocycles. The summed E-state index contributed by atoms with van der Waals surface area (Å²) in [6.45, 7) is 4.91. The van der Waals surface area contributed by atoms with E-state index in [1.165, 1.54) is 58.3 Å². The minimum atomic E-state index is -3.68. The van der Waals surface area contributed by atoms with Crippen molar-refractivity contribution in [2.45, 2.75) is 31.6 Å². The largest absolute Gasteiger partial charge is 0.433 e.